The summed E-state index contributed by atoms with van der Waals surface area (Å²) in [5, 5.41) is 3.55. The number of para-hydroxylation sites is 1. The van der Waals surface area contributed by atoms with Gasteiger partial charge in [-0.3, -0.25) is 0 Å². The summed E-state index contributed by atoms with van der Waals surface area (Å²) < 4.78 is 11.8. The molecule has 1 aliphatic rings. The Morgan fingerprint density at radius 1 is 1.37 bits per heavy atom. The largest absolute Gasteiger partial charge is 0.488 e. The van der Waals surface area contributed by atoms with Gasteiger partial charge in [0.15, 0.2) is 0 Å². The SMILES string of the molecule is CCCNC(COC(C)C)C1Cc2ccccc2O1. The quantitative estimate of drug-likeness (QED) is 0.820. The maximum Gasteiger partial charge on any atom is 0.123 e. The molecule has 0 aliphatic carbocycles. The van der Waals surface area contributed by atoms with E-state index in [1.54, 1.807) is 0 Å². The van der Waals surface area contributed by atoms with Gasteiger partial charge in [0.05, 0.1) is 18.8 Å². The Balaban J connectivity index is 1.96. The molecule has 2 rings (SSSR count). The van der Waals surface area contributed by atoms with Crippen LogP contribution in [0.5, 0.6) is 5.75 Å². The van der Waals surface area contributed by atoms with Crippen molar-refractivity contribution in [2.45, 2.75) is 51.9 Å². The number of fused-ring (bicyclic) bond motifs is 1. The molecule has 106 valence electrons. The molecule has 1 aromatic rings. The van der Waals surface area contributed by atoms with Crippen LogP contribution in [0.3, 0.4) is 0 Å². The molecule has 0 amide bonds. The maximum atomic E-state index is 6.06. The number of benzene rings is 1. The lowest BCUT2D eigenvalue weighted by Crippen LogP contribution is -2.46. The monoisotopic (exact) mass is 263 g/mol. The van der Waals surface area contributed by atoms with Crippen molar-refractivity contribution in [3.05, 3.63) is 29.8 Å². The van der Waals surface area contributed by atoms with Crippen LogP contribution in [0.15, 0.2) is 24.3 Å². The minimum Gasteiger partial charge on any atom is -0.488 e. The fourth-order valence-corrected chi connectivity index (χ4v) is 2.36. The standard InChI is InChI=1S/C16H25NO2/c1-4-9-17-14(11-18-12(2)3)16-10-13-7-5-6-8-15(13)19-16/h5-8,12,14,16-17H,4,9-11H2,1-3H3. The van der Waals surface area contributed by atoms with Gasteiger partial charge < -0.3 is 14.8 Å². The average Bonchev–Trinajstić information content (AvgIpc) is 2.82. The molecule has 1 aliphatic heterocycles. The normalized spacial score (nSPS) is 19.3. The molecular formula is C16H25NO2. The van der Waals surface area contributed by atoms with E-state index in [2.05, 4.69) is 44.3 Å². The summed E-state index contributed by atoms with van der Waals surface area (Å²) in [4.78, 5) is 0. The second-order valence-corrected chi connectivity index (χ2v) is 5.41. The first-order chi connectivity index (χ1) is 9.20. The molecule has 0 saturated heterocycles. The highest BCUT2D eigenvalue weighted by Gasteiger charge is 2.30. The molecule has 0 saturated carbocycles. The number of rotatable bonds is 7. The fraction of sp³-hybridized carbons (Fsp3) is 0.625. The molecule has 3 heteroatoms. The van der Waals surface area contributed by atoms with Crippen molar-refractivity contribution in [1.29, 1.82) is 0 Å². The third-order valence-electron chi connectivity index (χ3n) is 3.39. The first-order valence-corrected chi connectivity index (χ1v) is 7.30. The van der Waals surface area contributed by atoms with Gasteiger partial charge in [0.25, 0.3) is 0 Å². The highest BCUT2D eigenvalue weighted by molar-refractivity contribution is 5.37. The molecule has 0 fully saturated rings. The Kier molecular flexibility index (Phi) is 5.23. The third kappa shape index (κ3) is 3.95. The van der Waals surface area contributed by atoms with Crippen LogP contribution in [-0.4, -0.2) is 31.4 Å². The highest BCUT2D eigenvalue weighted by Crippen LogP contribution is 2.29. The zero-order valence-corrected chi connectivity index (χ0v) is 12.2. The molecule has 2 unspecified atom stereocenters. The van der Waals surface area contributed by atoms with E-state index in [4.69, 9.17) is 9.47 Å². The number of ether oxygens (including phenoxy) is 2. The molecule has 0 aromatic heterocycles. The van der Waals surface area contributed by atoms with Crippen LogP contribution in [0.2, 0.25) is 0 Å². The maximum absolute atomic E-state index is 6.06. The van der Waals surface area contributed by atoms with E-state index < -0.39 is 0 Å². The van der Waals surface area contributed by atoms with Crippen LogP contribution in [-0.2, 0) is 11.2 Å². The number of hydrogen-bond acceptors (Lipinski definition) is 3. The smallest absolute Gasteiger partial charge is 0.123 e. The zero-order valence-electron chi connectivity index (χ0n) is 12.2. The van der Waals surface area contributed by atoms with Crippen LogP contribution in [0.25, 0.3) is 0 Å². The van der Waals surface area contributed by atoms with Crippen LogP contribution in [0, 0.1) is 0 Å². The van der Waals surface area contributed by atoms with Crippen molar-refractivity contribution in [3.63, 3.8) is 0 Å². The van der Waals surface area contributed by atoms with Gasteiger partial charge in [-0.05, 0) is 38.4 Å². The Hall–Kier alpha value is -1.06. The van der Waals surface area contributed by atoms with Gasteiger partial charge >= 0.3 is 0 Å². The van der Waals surface area contributed by atoms with E-state index >= 15 is 0 Å². The molecule has 0 radical (unpaired) electrons. The summed E-state index contributed by atoms with van der Waals surface area (Å²) >= 11 is 0. The van der Waals surface area contributed by atoms with Gasteiger partial charge in [-0.15, -0.1) is 0 Å². The summed E-state index contributed by atoms with van der Waals surface area (Å²) in [5.74, 6) is 1.03. The first kappa shape index (κ1) is 14.4. The molecule has 1 N–H and O–H groups in total. The molecular weight excluding hydrogens is 238 g/mol. The van der Waals surface area contributed by atoms with Crippen LogP contribution >= 0.6 is 0 Å². The van der Waals surface area contributed by atoms with E-state index in [9.17, 15) is 0 Å². The van der Waals surface area contributed by atoms with Crippen molar-refractivity contribution in [2.75, 3.05) is 13.2 Å². The van der Waals surface area contributed by atoms with E-state index in [1.807, 2.05) is 6.07 Å². The Bertz CT molecular complexity index is 367. The minimum absolute atomic E-state index is 0.183. The van der Waals surface area contributed by atoms with E-state index in [0.29, 0.717) is 6.61 Å². The van der Waals surface area contributed by atoms with Gasteiger partial charge in [0.2, 0.25) is 0 Å². The molecule has 1 heterocycles. The van der Waals surface area contributed by atoms with Crippen molar-refractivity contribution in [1.82, 2.24) is 5.32 Å². The second kappa shape index (κ2) is 6.92. The van der Waals surface area contributed by atoms with Crippen LogP contribution < -0.4 is 10.1 Å². The summed E-state index contributed by atoms with van der Waals surface area (Å²) in [6.45, 7) is 8.03. The summed E-state index contributed by atoms with van der Waals surface area (Å²) in [6, 6.07) is 8.56. The first-order valence-electron chi connectivity index (χ1n) is 7.30. The molecule has 3 nitrogen and oxygen atoms in total. The predicted molar refractivity (Wildman–Crippen MR) is 77.7 cm³/mol. The Labute approximate surface area is 116 Å². The predicted octanol–water partition coefficient (Wildman–Crippen LogP) is 2.78. The Morgan fingerprint density at radius 3 is 2.84 bits per heavy atom. The van der Waals surface area contributed by atoms with E-state index in [-0.39, 0.29) is 18.2 Å². The molecule has 1 aromatic carbocycles. The molecule has 0 spiro atoms. The summed E-state index contributed by atoms with van der Waals surface area (Å²) in [6.07, 6.45) is 2.54. The van der Waals surface area contributed by atoms with Gasteiger partial charge in [-0.1, -0.05) is 25.1 Å². The lowest BCUT2D eigenvalue weighted by molar-refractivity contribution is 0.0329. The van der Waals surface area contributed by atoms with E-state index in [0.717, 1.165) is 25.1 Å². The van der Waals surface area contributed by atoms with Gasteiger partial charge in [0.1, 0.15) is 11.9 Å². The lowest BCUT2D eigenvalue weighted by atomic mass is 10.0. The zero-order chi connectivity index (χ0) is 13.7. The number of hydrogen-bond donors (Lipinski definition) is 1. The lowest BCUT2D eigenvalue weighted by Gasteiger charge is -2.25. The van der Waals surface area contributed by atoms with Crippen molar-refractivity contribution < 1.29 is 9.47 Å². The van der Waals surface area contributed by atoms with Crippen molar-refractivity contribution in [2.24, 2.45) is 0 Å². The highest BCUT2D eigenvalue weighted by atomic mass is 16.5. The van der Waals surface area contributed by atoms with Gasteiger partial charge in [-0.2, -0.15) is 0 Å². The van der Waals surface area contributed by atoms with Crippen molar-refractivity contribution in [3.8, 4) is 5.75 Å². The third-order valence-corrected chi connectivity index (χ3v) is 3.39. The Morgan fingerprint density at radius 2 is 2.16 bits per heavy atom. The van der Waals surface area contributed by atoms with Crippen LogP contribution in [0.1, 0.15) is 32.8 Å². The molecule has 19 heavy (non-hydrogen) atoms. The fourth-order valence-electron chi connectivity index (χ4n) is 2.36. The number of nitrogens with one attached hydrogen (secondary N) is 1. The average molecular weight is 263 g/mol. The summed E-state index contributed by atoms with van der Waals surface area (Å²) in [7, 11) is 0. The topological polar surface area (TPSA) is 30.5 Å². The second-order valence-electron chi connectivity index (χ2n) is 5.41. The van der Waals surface area contributed by atoms with Crippen molar-refractivity contribution >= 4 is 0 Å². The van der Waals surface area contributed by atoms with Gasteiger partial charge in [-0.25, -0.2) is 0 Å². The van der Waals surface area contributed by atoms with E-state index in [1.165, 1.54) is 5.56 Å². The molecule has 0 bridgehead atoms. The summed E-state index contributed by atoms with van der Waals surface area (Å²) in [5.41, 5.74) is 1.31. The van der Waals surface area contributed by atoms with Crippen LogP contribution in [0.4, 0.5) is 0 Å². The van der Waals surface area contributed by atoms with Gasteiger partial charge in [0, 0.05) is 6.42 Å². The molecule has 2 atom stereocenters. The minimum atomic E-state index is 0.183.